The Morgan fingerprint density at radius 1 is 1.22 bits per heavy atom. The van der Waals surface area contributed by atoms with Crippen molar-refractivity contribution in [1.29, 1.82) is 0 Å². The number of carbonyl (C=O) groups is 1. The van der Waals surface area contributed by atoms with Crippen LogP contribution in [0, 0.1) is 0 Å². The quantitative estimate of drug-likeness (QED) is 0.622. The topological polar surface area (TPSA) is 79.5 Å². The number of fused-ring (bicyclic) bond motifs is 3. The van der Waals surface area contributed by atoms with Crippen LogP contribution in [-0.2, 0) is 27.7 Å². The number of benzene rings is 2. The number of aromatic nitrogens is 1. The number of hydrogen-bond donors (Lipinski definition) is 1. The summed E-state index contributed by atoms with van der Waals surface area (Å²) in [5.74, 6) is -0.587. The first-order valence-electron chi connectivity index (χ1n) is 8.38. The van der Waals surface area contributed by atoms with Crippen molar-refractivity contribution >= 4 is 42.8 Å². The van der Waals surface area contributed by atoms with E-state index in [1.54, 1.807) is 6.07 Å². The average Bonchev–Trinajstić information content (AvgIpc) is 3.05. The molecule has 0 bridgehead atoms. The Hall–Kier alpha value is -2.16. The molecule has 2 aromatic carbocycles. The second-order valence-corrected chi connectivity index (χ2v) is 9.14. The van der Waals surface area contributed by atoms with E-state index in [2.05, 4.69) is 20.9 Å². The fraction of sp³-hybridized carbons (Fsp3) is 0.211. The minimum absolute atomic E-state index is 0.0781. The number of sulfonamides is 1. The molecule has 6 nitrogen and oxygen atoms in total. The van der Waals surface area contributed by atoms with Gasteiger partial charge in [-0.15, -0.1) is 0 Å². The predicted molar refractivity (Wildman–Crippen MR) is 105 cm³/mol. The van der Waals surface area contributed by atoms with Crippen LogP contribution in [0.2, 0.25) is 0 Å². The lowest BCUT2D eigenvalue weighted by Crippen LogP contribution is -2.35. The van der Waals surface area contributed by atoms with Gasteiger partial charge in [-0.05, 0) is 45.8 Å². The normalized spacial score (nSPS) is 14.9. The molecule has 0 aliphatic carbocycles. The van der Waals surface area contributed by atoms with Crippen LogP contribution in [0.1, 0.15) is 21.6 Å². The lowest BCUT2D eigenvalue weighted by Gasteiger charge is -2.26. The van der Waals surface area contributed by atoms with Crippen LogP contribution in [0.4, 0.5) is 0 Å². The van der Waals surface area contributed by atoms with Crippen LogP contribution in [0.15, 0.2) is 51.8 Å². The monoisotopic (exact) mass is 448 g/mol. The minimum atomic E-state index is -3.74. The van der Waals surface area contributed by atoms with Gasteiger partial charge in [0.05, 0.1) is 17.6 Å². The van der Waals surface area contributed by atoms with E-state index in [1.807, 2.05) is 24.3 Å². The summed E-state index contributed by atoms with van der Waals surface area (Å²) in [5, 5.41) is 1.04. The highest BCUT2D eigenvalue weighted by molar-refractivity contribution is 9.10. The number of nitrogens with zero attached hydrogens (tertiary/aromatic N) is 1. The van der Waals surface area contributed by atoms with E-state index in [0.29, 0.717) is 24.0 Å². The van der Waals surface area contributed by atoms with E-state index in [9.17, 15) is 13.2 Å². The summed E-state index contributed by atoms with van der Waals surface area (Å²) < 4.78 is 33.0. The standard InChI is InChI=1S/C19H17BrN2O4S/c1-26-19(23)14-10-12(6-7-16(14)20)27(24,25)22-9-8-18-15(11-22)13-4-2-3-5-17(13)21-18/h2-7,10,21H,8-9,11H2,1H3. The number of methoxy groups -OCH3 is 1. The zero-order valence-electron chi connectivity index (χ0n) is 14.5. The number of carbonyl (C=O) groups excluding carboxylic acids is 1. The van der Waals surface area contributed by atoms with Gasteiger partial charge < -0.3 is 9.72 Å². The predicted octanol–water partition coefficient (Wildman–Crippen LogP) is 3.46. The minimum Gasteiger partial charge on any atom is -0.465 e. The summed E-state index contributed by atoms with van der Waals surface area (Å²) in [6.45, 7) is 0.678. The van der Waals surface area contributed by atoms with E-state index in [0.717, 1.165) is 22.2 Å². The van der Waals surface area contributed by atoms with Crippen molar-refractivity contribution in [2.24, 2.45) is 0 Å². The number of esters is 1. The summed E-state index contributed by atoms with van der Waals surface area (Å²) in [5.41, 5.74) is 3.28. The van der Waals surface area contributed by atoms with Crippen molar-refractivity contribution in [2.75, 3.05) is 13.7 Å². The third-order valence-electron chi connectivity index (χ3n) is 4.83. The van der Waals surface area contributed by atoms with E-state index in [4.69, 9.17) is 4.74 Å². The zero-order valence-corrected chi connectivity index (χ0v) is 16.9. The number of para-hydroxylation sites is 1. The Labute approximate surface area is 165 Å². The van der Waals surface area contributed by atoms with Crippen molar-refractivity contribution in [3.05, 3.63) is 63.8 Å². The number of rotatable bonds is 3. The maximum Gasteiger partial charge on any atom is 0.339 e. The van der Waals surface area contributed by atoms with Crippen molar-refractivity contribution in [2.45, 2.75) is 17.9 Å². The van der Waals surface area contributed by atoms with Crippen LogP contribution in [0.25, 0.3) is 10.9 Å². The molecule has 1 aliphatic heterocycles. The van der Waals surface area contributed by atoms with Crippen LogP contribution >= 0.6 is 15.9 Å². The van der Waals surface area contributed by atoms with Crippen LogP contribution in [0.3, 0.4) is 0 Å². The van der Waals surface area contributed by atoms with Gasteiger partial charge in [0, 0.05) is 40.6 Å². The highest BCUT2D eigenvalue weighted by atomic mass is 79.9. The molecular formula is C19H17BrN2O4S. The second-order valence-electron chi connectivity index (χ2n) is 6.35. The Kier molecular flexibility index (Phi) is 4.57. The number of hydrogen-bond acceptors (Lipinski definition) is 4. The maximum absolute atomic E-state index is 13.2. The van der Waals surface area contributed by atoms with Crippen molar-refractivity contribution < 1.29 is 17.9 Å². The fourth-order valence-electron chi connectivity index (χ4n) is 3.43. The van der Waals surface area contributed by atoms with Gasteiger partial charge in [0.25, 0.3) is 0 Å². The third kappa shape index (κ3) is 3.07. The molecule has 27 heavy (non-hydrogen) atoms. The highest BCUT2D eigenvalue weighted by Gasteiger charge is 2.31. The van der Waals surface area contributed by atoms with Gasteiger partial charge in [0.15, 0.2) is 0 Å². The number of halogens is 1. The molecule has 0 amide bonds. The van der Waals surface area contributed by atoms with Gasteiger partial charge in [0.1, 0.15) is 0 Å². The van der Waals surface area contributed by atoms with Crippen molar-refractivity contribution in [3.63, 3.8) is 0 Å². The summed E-state index contributed by atoms with van der Waals surface area (Å²) in [6, 6.07) is 12.3. The van der Waals surface area contributed by atoms with Gasteiger partial charge in [-0.1, -0.05) is 18.2 Å². The SMILES string of the molecule is COC(=O)c1cc(S(=O)(=O)N2CCc3[nH]c4ccccc4c3C2)ccc1Br. The lowest BCUT2D eigenvalue weighted by molar-refractivity contribution is 0.0599. The molecule has 140 valence electrons. The van der Waals surface area contributed by atoms with Crippen LogP contribution < -0.4 is 0 Å². The molecule has 3 aromatic rings. The fourth-order valence-corrected chi connectivity index (χ4v) is 5.27. The maximum atomic E-state index is 13.2. The first kappa shape index (κ1) is 18.2. The molecule has 0 saturated heterocycles. The highest BCUT2D eigenvalue weighted by Crippen LogP contribution is 2.31. The van der Waals surface area contributed by atoms with Crippen molar-refractivity contribution in [3.8, 4) is 0 Å². The molecule has 1 aromatic heterocycles. The van der Waals surface area contributed by atoms with E-state index < -0.39 is 16.0 Å². The van der Waals surface area contributed by atoms with E-state index in [-0.39, 0.29) is 10.5 Å². The van der Waals surface area contributed by atoms with E-state index >= 15 is 0 Å². The summed E-state index contributed by atoms with van der Waals surface area (Å²) in [7, 11) is -2.48. The largest absolute Gasteiger partial charge is 0.465 e. The molecule has 0 saturated carbocycles. The van der Waals surface area contributed by atoms with E-state index in [1.165, 1.54) is 23.5 Å². The Morgan fingerprint density at radius 3 is 2.78 bits per heavy atom. The Balaban J connectivity index is 1.72. The lowest BCUT2D eigenvalue weighted by atomic mass is 10.1. The van der Waals surface area contributed by atoms with Gasteiger partial charge >= 0.3 is 5.97 Å². The second kappa shape index (κ2) is 6.78. The number of H-pyrrole nitrogens is 1. The van der Waals surface area contributed by atoms with Gasteiger partial charge in [-0.25, -0.2) is 13.2 Å². The first-order valence-corrected chi connectivity index (χ1v) is 10.6. The molecule has 0 spiro atoms. The van der Waals surface area contributed by atoms with Crippen molar-refractivity contribution in [1.82, 2.24) is 9.29 Å². The average molecular weight is 449 g/mol. The Bertz CT molecular complexity index is 1150. The van der Waals surface area contributed by atoms with Crippen LogP contribution in [0.5, 0.6) is 0 Å². The third-order valence-corrected chi connectivity index (χ3v) is 7.36. The molecule has 0 radical (unpaired) electrons. The summed E-state index contributed by atoms with van der Waals surface area (Å²) in [6.07, 6.45) is 0.615. The zero-order chi connectivity index (χ0) is 19.2. The summed E-state index contributed by atoms with van der Waals surface area (Å²) in [4.78, 5) is 15.4. The van der Waals surface area contributed by atoms with Gasteiger partial charge in [0.2, 0.25) is 10.0 Å². The van der Waals surface area contributed by atoms with Gasteiger partial charge in [-0.3, -0.25) is 0 Å². The molecule has 1 aliphatic rings. The van der Waals surface area contributed by atoms with Crippen LogP contribution in [-0.4, -0.2) is 37.3 Å². The van der Waals surface area contributed by atoms with Gasteiger partial charge in [-0.2, -0.15) is 4.31 Å². The first-order chi connectivity index (χ1) is 12.9. The molecule has 0 fully saturated rings. The number of nitrogens with one attached hydrogen (secondary N) is 1. The summed E-state index contributed by atoms with van der Waals surface area (Å²) >= 11 is 3.26. The molecule has 0 unspecified atom stereocenters. The molecule has 4 rings (SSSR count). The molecule has 8 heteroatoms. The number of aromatic amines is 1. The molecule has 0 atom stereocenters. The molecule has 1 N–H and O–H groups in total. The molecular weight excluding hydrogens is 432 g/mol. The number of ether oxygens (including phenoxy) is 1. The Morgan fingerprint density at radius 2 is 2.00 bits per heavy atom. The molecule has 2 heterocycles. The smallest absolute Gasteiger partial charge is 0.339 e.